The molecule has 0 spiro atoms. The van der Waals surface area contributed by atoms with Crippen molar-refractivity contribution in [2.45, 2.75) is 26.3 Å². The van der Waals surface area contributed by atoms with Gasteiger partial charge < -0.3 is 10.6 Å². The van der Waals surface area contributed by atoms with E-state index >= 15 is 0 Å². The van der Waals surface area contributed by atoms with Crippen LogP contribution in [0.15, 0.2) is 10.9 Å². The number of hydrogen-bond acceptors (Lipinski definition) is 5. The summed E-state index contributed by atoms with van der Waals surface area (Å²) in [7, 11) is 0. The molecule has 7 heteroatoms. The van der Waals surface area contributed by atoms with Crippen molar-refractivity contribution in [2.24, 2.45) is 11.7 Å². The number of H-pyrrole nitrogens is 1. The lowest BCUT2D eigenvalue weighted by molar-refractivity contribution is 0.488. The van der Waals surface area contributed by atoms with Gasteiger partial charge in [0.1, 0.15) is 11.6 Å². The van der Waals surface area contributed by atoms with Crippen LogP contribution < -0.4 is 16.3 Å². The molecular formula is C12H18N6O. The zero-order chi connectivity index (χ0) is 13.6. The number of anilines is 1. The van der Waals surface area contributed by atoms with Gasteiger partial charge in [0.2, 0.25) is 0 Å². The van der Waals surface area contributed by atoms with Gasteiger partial charge in [-0.25, -0.2) is 19.3 Å². The fourth-order valence-electron chi connectivity index (χ4n) is 2.67. The summed E-state index contributed by atoms with van der Waals surface area (Å²) in [6.45, 7) is 5.72. The van der Waals surface area contributed by atoms with Gasteiger partial charge >= 0.3 is 5.69 Å². The Kier molecular flexibility index (Phi) is 2.78. The molecule has 1 saturated heterocycles. The SMILES string of the molecule is Cc1nc(N2CCC(C(C)N)C2)cc2n[nH]c(=O)n12. The van der Waals surface area contributed by atoms with Crippen molar-refractivity contribution in [2.75, 3.05) is 18.0 Å². The highest BCUT2D eigenvalue weighted by atomic mass is 16.1. The summed E-state index contributed by atoms with van der Waals surface area (Å²) in [6.07, 6.45) is 1.08. The van der Waals surface area contributed by atoms with Crippen LogP contribution in [-0.4, -0.2) is 38.7 Å². The van der Waals surface area contributed by atoms with Gasteiger partial charge in [-0.2, -0.15) is 5.10 Å². The number of aryl methyl sites for hydroxylation is 1. The number of nitrogens with zero attached hydrogens (tertiary/aromatic N) is 4. The van der Waals surface area contributed by atoms with Crippen molar-refractivity contribution in [3.05, 3.63) is 22.4 Å². The molecule has 0 aromatic carbocycles. The molecule has 3 rings (SSSR count). The van der Waals surface area contributed by atoms with Crippen molar-refractivity contribution in [1.82, 2.24) is 19.6 Å². The molecule has 102 valence electrons. The van der Waals surface area contributed by atoms with E-state index < -0.39 is 0 Å². The van der Waals surface area contributed by atoms with Gasteiger partial charge in [-0.05, 0) is 26.2 Å². The van der Waals surface area contributed by atoms with Crippen molar-refractivity contribution in [1.29, 1.82) is 0 Å². The van der Waals surface area contributed by atoms with Gasteiger partial charge in [-0.3, -0.25) is 0 Å². The number of aromatic nitrogens is 4. The highest BCUT2D eigenvalue weighted by Crippen LogP contribution is 2.24. The first-order chi connectivity index (χ1) is 9.06. The van der Waals surface area contributed by atoms with Crippen LogP contribution in [0.4, 0.5) is 5.82 Å². The van der Waals surface area contributed by atoms with Gasteiger partial charge in [0.05, 0.1) is 0 Å². The summed E-state index contributed by atoms with van der Waals surface area (Å²) in [6, 6.07) is 2.04. The number of nitrogens with one attached hydrogen (secondary N) is 1. The second-order valence-electron chi connectivity index (χ2n) is 5.24. The van der Waals surface area contributed by atoms with Gasteiger partial charge in [0, 0.05) is 25.2 Å². The molecule has 0 radical (unpaired) electrons. The van der Waals surface area contributed by atoms with E-state index in [4.69, 9.17) is 5.73 Å². The minimum Gasteiger partial charge on any atom is -0.356 e. The van der Waals surface area contributed by atoms with E-state index in [0.29, 0.717) is 17.4 Å². The Morgan fingerprint density at radius 1 is 1.58 bits per heavy atom. The van der Waals surface area contributed by atoms with E-state index in [-0.39, 0.29) is 11.7 Å². The third-order valence-electron chi connectivity index (χ3n) is 3.85. The topological polar surface area (TPSA) is 92.3 Å². The Labute approximate surface area is 110 Å². The molecule has 0 aliphatic carbocycles. The van der Waals surface area contributed by atoms with Crippen LogP contribution in [0.1, 0.15) is 19.2 Å². The predicted octanol–water partition coefficient (Wildman–Crippen LogP) is -0.100. The highest BCUT2D eigenvalue weighted by molar-refractivity contribution is 5.52. The maximum absolute atomic E-state index is 11.5. The minimum absolute atomic E-state index is 0.197. The average Bonchev–Trinajstić information content (AvgIpc) is 2.96. The summed E-state index contributed by atoms with van der Waals surface area (Å²) >= 11 is 0. The lowest BCUT2D eigenvalue weighted by Gasteiger charge is -2.19. The van der Waals surface area contributed by atoms with Crippen LogP contribution in [0.2, 0.25) is 0 Å². The van der Waals surface area contributed by atoms with Crippen molar-refractivity contribution < 1.29 is 0 Å². The molecule has 1 aliphatic rings. The second-order valence-corrected chi connectivity index (χ2v) is 5.24. The summed E-state index contributed by atoms with van der Waals surface area (Å²) < 4.78 is 1.47. The average molecular weight is 262 g/mol. The van der Waals surface area contributed by atoms with Crippen LogP contribution >= 0.6 is 0 Å². The standard InChI is InChI=1S/C12H18N6O/c1-7(13)9-3-4-17(6-9)10-5-11-15-16-12(19)18(11)8(2)14-10/h5,7,9H,3-4,6,13H2,1-2H3,(H,16,19). The molecule has 7 nitrogen and oxygen atoms in total. The Bertz CT molecular complexity index is 658. The number of aromatic amines is 1. The molecule has 2 aromatic heterocycles. The Hall–Kier alpha value is -1.89. The maximum Gasteiger partial charge on any atom is 0.349 e. The number of rotatable bonds is 2. The van der Waals surface area contributed by atoms with E-state index in [9.17, 15) is 4.79 Å². The van der Waals surface area contributed by atoms with E-state index in [0.717, 1.165) is 25.3 Å². The minimum atomic E-state index is -0.249. The number of nitrogens with two attached hydrogens (primary N) is 1. The van der Waals surface area contributed by atoms with Gasteiger partial charge in [0.15, 0.2) is 5.65 Å². The largest absolute Gasteiger partial charge is 0.356 e. The van der Waals surface area contributed by atoms with E-state index in [2.05, 4.69) is 20.1 Å². The molecule has 2 atom stereocenters. The zero-order valence-corrected chi connectivity index (χ0v) is 11.1. The molecule has 2 unspecified atom stereocenters. The molecule has 0 amide bonds. The molecule has 3 heterocycles. The summed E-state index contributed by atoms with van der Waals surface area (Å²) in [5.74, 6) is 2.02. The smallest absolute Gasteiger partial charge is 0.349 e. The van der Waals surface area contributed by atoms with Crippen LogP contribution in [0.25, 0.3) is 5.65 Å². The fourth-order valence-corrected chi connectivity index (χ4v) is 2.67. The third-order valence-corrected chi connectivity index (χ3v) is 3.85. The molecule has 0 bridgehead atoms. The lowest BCUT2D eigenvalue weighted by atomic mass is 10.0. The third kappa shape index (κ3) is 1.99. The summed E-state index contributed by atoms with van der Waals surface area (Å²) in [4.78, 5) is 18.3. The molecule has 0 saturated carbocycles. The molecular weight excluding hydrogens is 244 g/mol. The number of hydrogen-bond donors (Lipinski definition) is 2. The molecule has 19 heavy (non-hydrogen) atoms. The van der Waals surface area contributed by atoms with Crippen LogP contribution in [0.5, 0.6) is 0 Å². The fraction of sp³-hybridized carbons (Fsp3) is 0.583. The van der Waals surface area contributed by atoms with Gasteiger partial charge in [-0.15, -0.1) is 0 Å². The quantitative estimate of drug-likeness (QED) is 0.788. The van der Waals surface area contributed by atoms with Crippen molar-refractivity contribution in [3.63, 3.8) is 0 Å². The van der Waals surface area contributed by atoms with Crippen LogP contribution in [0.3, 0.4) is 0 Å². The van der Waals surface area contributed by atoms with Gasteiger partial charge in [-0.1, -0.05) is 0 Å². The normalized spacial score (nSPS) is 21.2. The van der Waals surface area contributed by atoms with E-state index in [1.807, 2.05) is 19.9 Å². The van der Waals surface area contributed by atoms with Crippen LogP contribution in [-0.2, 0) is 0 Å². The van der Waals surface area contributed by atoms with Crippen molar-refractivity contribution in [3.8, 4) is 0 Å². The van der Waals surface area contributed by atoms with E-state index in [1.54, 1.807) is 0 Å². The summed E-state index contributed by atoms with van der Waals surface area (Å²) in [5.41, 5.74) is 6.31. The Morgan fingerprint density at radius 3 is 3.05 bits per heavy atom. The molecule has 2 aromatic rings. The molecule has 3 N–H and O–H groups in total. The maximum atomic E-state index is 11.5. The first kappa shape index (κ1) is 12.2. The molecule has 1 fully saturated rings. The van der Waals surface area contributed by atoms with Crippen LogP contribution in [0, 0.1) is 12.8 Å². The Balaban J connectivity index is 1.96. The highest BCUT2D eigenvalue weighted by Gasteiger charge is 2.26. The number of fused-ring (bicyclic) bond motifs is 1. The Morgan fingerprint density at radius 2 is 2.37 bits per heavy atom. The van der Waals surface area contributed by atoms with Gasteiger partial charge in [0.25, 0.3) is 0 Å². The predicted molar refractivity (Wildman–Crippen MR) is 72.3 cm³/mol. The molecule has 1 aliphatic heterocycles. The first-order valence-electron chi connectivity index (χ1n) is 6.51. The second kappa shape index (κ2) is 4.34. The first-order valence-corrected chi connectivity index (χ1v) is 6.51. The summed E-state index contributed by atoms with van der Waals surface area (Å²) in [5, 5.41) is 6.44. The van der Waals surface area contributed by atoms with Crippen molar-refractivity contribution >= 4 is 11.5 Å². The monoisotopic (exact) mass is 262 g/mol. The zero-order valence-electron chi connectivity index (χ0n) is 11.1. The lowest BCUT2D eigenvalue weighted by Crippen LogP contribution is -2.30. The van der Waals surface area contributed by atoms with E-state index in [1.165, 1.54) is 4.40 Å².